The molecule has 1 aromatic carbocycles. The number of carbonyl (C=O) groups is 2. The van der Waals surface area contributed by atoms with E-state index in [1.165, 1.54) is 0 Å². The van der Waals surface area contributed by atoms with Gasteiger partial charge in [0.05, 0.1) is 6.42 Å². The maximum atomic E-state index is 12.0. The van der Waals surface area contributed by atoms with Gasteiger partial charge in [0.2, 0.25) is 17.7 Å². The molecule has 0 saturated carbocycles. The van der Waals surface area contributed by atoms with Gasteiger partial charge in [-0.1, -0.05) is 11.2 Å². The van der Waals surface area contributed by atoms with Gasteiger partial charge < -0.3 is 14.7 Å². The van der Waals surface area contributed by atoms with Gasteiger partial charge in [-0.25, -0.2) is 0 Å². The lowest BCUT2D eigenvalue weighted by atomic mass is 10.1. The third-order valence-corrected chi connectivity index (χ3v) is 3.53. The van der Waals surface area contributed by atoms with Crippen LogP contribution in [0.5, 0.6) is 0 Å². The fraction of sp³-hybridized carbons (Fsp3) is 0.333. The summed E-state index contributed by atoms with van der Waals surface area (Å²) in [6.45, 7) is 3.90. The second-order valence-corrected chi connectivity index (χ2v) is 5.22. The molecule has 0 aliphatic carbocycles. The molecule has 0 saturated heterocycles. The Balaban J connectivity index is 1.72. The number of fused-ring (bicyclic) bond motifs is 1. The van der Waals surface area contributed by atoms with E-state index in [0.717, 1.165) is 17.7 Å². The highest BCUT2D eigenvalue weighted by Gasteiger charge is 2.22. The molecule has 0 fully saturated rings. The normalized spacial score (nSPS) is 13.1. The van der Waals surface area contributed by atoms with Gasteiger partial charge in [0, 0.05) is 31.8 Å². The van der Waals surface area contributed by atoms with Gasteiger partial charge in [0.15, 0.2) is 5.82 Å². The van der Waals surface area contributed by atoms with Gasteiger partial charge >= 0.3 is 0 Å². The molecule has 1 N–H and O–H groups in total. The molecule has 2 aromatic rings. The minimum absolute atomic E-state index is 0.00417. The Morgan fingerprint density at radius 1 is 1.41 bits per heavy atom. The quantitative estimate of drug-likeness (QED) is 0.927. The van der Waals surface area contributed by atoms with Crippen LogP contribution in [-0.4, -0.2) is 28.5 Å². The van der Waals surface area contributed by atoms with E-state index in [1.807, 2.05) is 18.2 Å². The first-order valence-electron chi connectivity index (χ1n) is 7.03. The molecular formula is C15H16N4O3. The molecular weight excluding hydrogens is 284 g/mol. The van der Waals surface area contributed by atoms with Crippen LogP contribution in [-0.2, 0) is 22.4 Å². The highest BCUT2D eigenvalue weighted by Crippen LogP contribution is 2.30. The third-order valence-electron chi connectivity index (χ3n) is 3.53. The Morgan fingerprint density at radius 2 is 2.23 bits per heavy atom. The molecule has 1 aliphatic heterocycles. The van der Waals surface area contributed by atoms with Crippen molar-refractivity contribution in [2.45, 2.75) is 26.7 Å². The van der Waals surface area contributed by atoms with Gasteiger partial charge in [-0.3, -0.25) is 9.59 Å². The van der Waals surface area contributed by atoms with Crippen molar-refractivity contribution in [3.05, 3.63) is 35.5 Å². The van der Waals surface area contributed by atoms with Crippen LogP contribution >= 0.6 is 0 Å². The summed E-state index contributed by atoms with van der Waals surface area (Å²) in [5.41, 5.74) is 2.62. The number of nitrogens with zero attached hydrogens (tertiary/aromatic N) is 3. The smallest absolute Gasteiger partial charge is 0.232 e. The standard InChI is InChI=1S/C15H16N4O3/c1-9-16-14(18-22-9)8-15(21)17-12-4-3-11-5-6-19(10(2)20)13(11)7-12/h3-4,7H,5-6,8H2,1-2H3,(H,17,21). The third kappa shape index (κ3) is 2.83. The molecule has 114 valence electrons. The van der Waals surface area contributed by atoms with Crippen LogP contribution in [0.2, 0.25) is 0 Å². The van der Waals surface area contributed by atoms with Crippen molar-refractivity contribution < 1.29 is 14.1 Å². The average molecular weight is 300 g/mol. The van der Waals surface area contributed by atoms with Gasteiger partial charge in [0.1, 0.15) is 0 Å². The summed E-state index contributed by atoms with van der Waals surface area (Å²) in [6, 6.07) is 5.59. The molecule has 7 nitrogen and oxygen atoms in total. The van der Waals surface area contributed by atoms with Crippen molar-refractivity contribution in [2.75, 3.05) is 16.8 Å². The molecule has 0 bridgehead atoms. The summed E-state index contributed by atoms with van der Waals surface area (Å²) in [6.07, 6.45) is 0.885. The molecule has 0 atom stereocenters. The van der Waals surface area contributed by atoms with E-state index in [0.29, 0.717) is 23.9 Å². The van der Waals surface area contributed by atoms with Crippen LogP contribution < -0.4 is 10.2 Å². The number of carbonyl (C=O) groups excluding carboxylic acids is 2. The molecule has 1 aliphatic rings. The van der Waals surface area contributed by atoms with Crippen molar-refractivity contribution in [3.63, 3.8) is 0 Å². The minimum Gasteiger partial charge on any atom is -0.340 e. The van der Waals surface area contributed by atoms with Crippen LogP contribution in [0.15, 0.2) is 22.7 Å². The highest BCUT2D eigenvalue weighted by atomic mass is 16.5. The van der Waals surface area contributed by atoms with E-state index in [-0.39, 0.29) is 18.2 Å². The highest BCUT2D eigenvalue weighted by molar-refractivity contribution is 5.96. The second-order valence-electron chi connectivity index (χ2n) is 5.22. The number of benzene rings is 1. The van der Waals surface area contributed by atoms with Crippen LogP contribution in [0, 0.1) is 6.92 Å². The zero-order valence-corrected chi connectivity index (χ0v) is 12.4. The lowest BCUT2D eigenvalue weighted by Gasteiger charge is -2.15. The molecule has 3 rings (SSSR count). The molecule has 0 unspecified atom stereocenters. The predicted octanol–water partition coefficient (Wildman–Crippen LogP) is 1.47. The Bertz CT molecular complexity index is 738. The molecule has 22 heavy (non-hydrogen) atoms. The van der Waals surface area contributed by atoms with Crippen LogP contribution in [0.3, 0.4) is 0 Å². The monoisotopic (exact) mass is 300 g/mol. The molecule has 1 aromatic heterocycles. The number of nitrogens with one attached hydrogen (secondary N) is 1. The molecule has 0 spiro atoms. The topological polar surface area (TPSA) is 88.3 Å². The average Bonchev–Trinajstić information content (AvgIpc) is 3.04. The summed E-state index contributed by atoms with van der Waals surface area (Å²) < 4.78 is 4.83. The zero-order chi connectivity index (χ0) is 15.7. The summed E-state index contributed by atoms with van der Waals surface area (Å²) in [4.78, 5) is 29.3. The van der Waals surface area contributed by atoms with Crippen LogP contribution in [0.4, 0.5) is 11.4 Å². The lowest BCUT2D eigenvalue weighted by molar-refractivity contribution is -0.116. The van der Waals surface area contributed by atoms with E-state index in [2.05, 4.69) is 15.5 Å². The predicted molar refractivity (Wildman–Crippen MR) is 79.5 cm³/mol. The number of aryl methyl sites for hydroxylation is 1. The van der Waals surface area contributed by atoms with Gasteiger partial charge in [-0.05, 0) is 24.1 Å². The van der Waals surface area contributed by atoms with Crippen molar-refractivity contribution in [3.8, 4) is 0 Å². The van der Waals surface area contributed by atoms with E-state index in [9.17, 15) is 9.59 Å². The fourth-order valence-corrected chi connectivity index (χ4v) is 2.55. The van der Waals surface area contributed by atoms with E-state index >= 15 is 0 Å². The number of hydrogen-bond acceptors (Lipinski definition) is 5. The Kier molecular flexibility index (Phi) is 3.62. The van der Waals surface area contributed by atoms with E-state index < -0.39 is 0 Å². The lowest BCUT2D eigenvalue weighted by Crippen LogP contribution is -2.25. The summed E-state index contributed by atoms with van der Waals surface area (Å²) in [5.74, 6) is 0.552. The number of aromatic nitrogens is 2. The Hall–Kier alpha value is -2.70. The fourth-order valence-electron chi connectivity index (χ4n) is 2.55. The number of rotatable bonds is 3. The van der Waals surface area contributed by atoms with Crippen molar-refractivity contribution in [1.82, 2.24) is 10.1 Å². The first kappa shape index (κ1) is 14.2. The number of anilines is 2. The minimum atomic E-state index is -0.229. The van der Waals surface area contributed by atoms with E-state index in [1.54, 1.807) is 18.7 Å². The number of amides is 2. The molecule has 2 amide bonds. The van der Waals surface area contributed by atoms with Crippen LogP contribution in [0.25, 0.3) is 0 Å². The zero-order valence-electron chi connectivity index (χ0n) is 12.4. The molecule has 7 heteroatoms. The first-order valence-corrected chi connectivity index (χ1v) is 7.03. The maximum absolute atomic E-state index is 12.0. The molecule has 0 radical (unpaired) electrons. The summed E-state index contributed by atoms with van der Waals surface area (Å²) in [5, 5.41) is 6.48. The molecule has 2 heterocycles. The van der Waals surface area contributed by atoms with Crippen molar-refractivity contribution >= 4 is 23.2 Å². The number of hydrogen-bond donors (Lipinski definition) is 1. The SMILES string of the molecule is CC(=O)N1CCc2ccc(NC(=O)Cc3noc(C)n3)cc21. The maximum Gasteiger partial charge on any atom is 0.232 e. The van der Waals surface area contributed by atoms with Gasteiger partial charge in [0.25, 0.3) is 0 Å². The van der Waals surface area contributed by atoms with Gasteiger partial charge in [-0.15, -0.1) is 0 Å². The first-order chi connectivity index (χ1) is 10.5. The van der Waals surface area contributed by atoms with E-state index in [4.69, 9.17) is 4.52 Å². The van der Waals surface area contributed by atoms with Crippen molar-refractivity contribution in [1.29, 1.82) is 0 Å². The summed E-state index contributed by atoms with van der Waals surface area (Å²) >= 11 is 0. The summed E-state index contributed by atoms with van der Waals surface area (Å²) in [7, 11) is 0. The largest absolute Gasteiger partial charge is 0.340 e. The second kappa shape index (κ2) is 5.59. The van der Waals surface area contributed by atoms with Crippen molar-refractivity contribution in [2.24, 2.45) is 0 Å². The van der Waals surface area contributed by atoms with Crippen LogP contribution in [0.1, 0.15) is 24.2 Å². The van der Waals surface area contributed by atoms with Gasteiger partial charge in [-0.2, -0.15) is 4.98 Å². The Labute approximate surface area is 127 Å². The Morgan fingerprint density at radius 3 is 2.91 bits per heavy atom.